The van der Waals surface area contributed by atoms with Crippen molar-refractivity contribution in [3.8, 4) is 0 Å². The Labute approximate surface area is 105 Å². The van der Waals surface area contributed by atoms with Crippen LogP contribution in [-0.4, -0.2) is 33.4 Å². The summed E-state index contributed by atoms with van der Waals surface area (Å²) in [5.41, 5.74) is 0.593. The van der Waals surface area contributed by atoms with Crippen molar-refractivity contribution in [2.45, 2.75) is 12.7 Å². The number of nitrogens with one attached hydrogen (secondary N) is 2. The molecule has 0 aliphatic heterocycles. The van der Waals surface area contributed by atoms with E-state index in [0.717, 1.165) is 0 Å². The van der Waals surface area contributed by atoms with Crippen molar-refractivity contribution in [3.05, 3.63) is 30.2 Å². The van der Waals surface area contributed by atoms with E-state index in [2.05, 4.69) is 15.5 Å². The van der Waals surface area contributed by atoms with E-state index in [-0.39, 0.29) is 6.54 Å². The second-order valence-electron chi connectivity index (χ2n) is 3.70. The molecule has 0 atom stereocenters. The van der Waals surface area contributed by atoms with E-state index in [9.17, 15) is 18.0 Å². The molecule has 2 amide bonds. The third-order valence-corrected chi connectivity index (χ3v) is 2.24. The van der Waals surface area contributed by atoms with Crippen LogP contribution in [0.2, 0.25) is 0 Å². The van der Waals surface area contributed by atoms with Gasteiger partial charge in [0.15, 0.2) is 11.5 Å². The smallest absolute Gasteiger partial charge is 0.331 e. The van der Waals surface area contributed by atoms with Crippen molar-refractivity contribution >= 4 is 11.7 Å². The van der Waals surface area contributed by atoms with Gasteiger partial charge in [-0.05, 0) is 12.1 Å². The summed E-state index contributed by atoms with van der Waals surface area (Å²) in [4.78, 5) is 11.1. The molecular formula is C10H10F3N5O. The molecule has 19 heavy (non-hydrogen) atoms. The normalized spacial score (nSPS) is 11.5. The Morgan fingerprint density at radius 3 is 2.79 bits per heavy atom. The first-order valence-electron chi connectivity index (χ1n) is 5.33. The predicted octanol–water partition coefficient (Wildman–Crippen LogP) is 1.09. The summed E-state index contributed by atoms with van der Waals surface area (Å²) in [6.07, 6.45) is -2.74. The van der Waals surface area contributed by atoms with E-state index in [1.165, 1.54) is 0 Å². The molecule has 0 aromatic carbocycles. The van der Waals surface area contributed by atoms with Crippen LogP contribution in [0.15, 0.2) is 24.4 Å². The van der Waals surface area contributed by atoms with E-state index in [4.69, 9.17) is 0 Å². The maximum atomic E-state index is 11.9. The van der Waals surface area contributed by atoms with Crippen LogP contribution in [0.5, 0.6) is 0 Å². The van der Waals surface area contributed by atoms with Crippen LogP contribution in [0.3, 0.4) is 0 Å². The maximum Gasteiger partial charge on any atom is 0.405 e. The number of carbonyl (C=O) groups excluding carboxylic acids is 1. The Morgan fingerprint density at radius 2 is 2.05 bits per heavy atom. The first-order chi connectivity index (χ1) is 8.96. The standard InChI is InChI=1S/C10H10F3N5O/c11-10(12,13)6-15-9(19)14-5-8-17-16-7-3-1-2-4-18(7)8/h1-4H,5-6H2,(H2,14,15,19). The molecule has 2 rings (SSSR count). The zero-order valence-corrected chi connectivity index (χ0v) is 9.61. The topological polar surface area (TPSA) is 71.3 Å². The summed E-state index contributed by atoms with van der Waals surface area (Å²) in [7, 11) is 0. The fourth-order valence-electron chi connectivity index (χ4n) is 1.41. The van der Waals surface area contributed by atoms with Crippen LogP contribution in [-0.2, 0) is 6.54 Å². The van der Waals surface area contributed by atoms with Crippen molar-refractivity contribution in [1.29, 1.82) is 0 Å². The highest BCUT2D eigenvalue weighted by atomic mass is 19.4. The fourth-order valence-corrected chi connectivity index (χ4v) is 1.41. The van der Waals surface area contributed by atoms with Gasteiger partial charge in [-0.15, -0.1) is 10.2 Å². The number of pyridine rings is 1. The number of urea groups is 1. The van der Waals surface area contributed by atoms with Crippen molar-refractivity contribution in [1.82, 2.24) is 25.2 Å². The highest BCUT2D eigenvalue weighted by Gasteiger charge is 2.27. The van der Waals surface area contributed by atoms with E-state index < -0.39 is 18.8 Å². The monoisotopic (exact) mass is 273 g/mol. The molecule has 0 unspecified atom stereocenters. The van der Waals surface area contributed by atoms with Gasteiger partial charge in [-0.2, -0.15) is 13.2 Å². The highest BCUT2D eigenvalue weighted by Crippen LogP contribution is 2.11. The van der Waals surface area contributed by atoms with Crippen LogP contribution in [0.1, 0.15) is 5.82 Å². The van der Waals surface area contributed by atoms with Gasteiger partial charge < -0.3 is 10.6 Å². The first-order valence-corrected chi connectivity index (χ1v) is 5.33. The van der Waals surface area contributed by atoms with Crippen molar-refractivity contribution in [3.63, 3.8) is 0 Å². The number of hydrogen-bond acceptors (Lipinski definition) is 3. The summed E-state index contributed by atoms with van der Waals surface area (Å²) in [5.74, 6) is 0.428. The van der Waals surface area contributed by atoms with Gasteiger partial charge in [0.1, 0.15) is 6.54 Å². The molecule has 2 aromatic heterocycles. The second-order valence-corrected chi connectivity index (χ2v) is 3.70. The molecule has 0 fully saturated rings. The minimum atomic E-state index is -4.43. The van der Waals surface area contributed by atoms with Gasteiger partial charge in [-0.1, -0.05) is 6.07 Å². The average Bonchev–Trinajstić information content (AvgIpc) is 2.76. The molecule has 2 heterocycles. The number of amides is 2. The van der Waals surface area contributed by atoms with E-state index in [1.807, 2.05) is 0 Å². The minimum absolute atomic E-state index is 0.0190. The quantitative estimate of drug-likeness (QED) is 0.879. The molecular weight excluding hydrogens is 263 g/mol. The third-order valence-electron chi connectivity index (χ3n) is 2.24. The van der Waals surface area contributed by atoms with Crippen molar-refractivity contribution in [2.24, 2.45) is 0 Å². The first kappa shape index (κ1) is 13.1. The molecule has 0 aliphatic rings. The Kier molecular flexibility index (Phi) is 3.54. The molecule has 2 N–H and O–H groups in total. The van der Waals surface area contributed by atoms with Gasteiger partial charge in [0.25, 0.3) is 0 Å². The molecule has 0 saturated carbocycles. The van der Waals surface area contributed by atoms with Crippen LogP contribution in [0.4, 0.5) is 18.0 Å². The largest absolute Gasteiger partial charge is 0.405 e. The molecule has 0 radical (unpaired) electrons. The average molecular weight is 273 g/mol. The SMILES string of the molecule is O=C(NCc1nnc2ccccn12)NCC(F)(F)F. The van der Waals surface area contributed by atoms with Crippen LogP contribution in [0, 0.1) is 0 Å². The number of halogens is 3. The van der Waals surface area contributed by atoms with Crippen LogP contribution >= 0.6 is 0 Å². The molecule has 102 valence electrons. The summed E-state index contributed by atoms with van der Waals surface area (Å²) in [6, 6.07) is 4.34. The number of alkyl halides is 3. The predicted molar refractivity (Wildman–Crippen MR) is 59.3 cm³/mol. The Balaban J connectivity index is 1.90. The summed E-state index contributed by atoms with van der Waals surface area (Å²) < 4.78 is 37.2. The number of nitrogens with zero attached hydrogens (tertiary/aromatic N) is 3. The lowest BCUT2D eigenvalue weighted by Gasteiger charge is -2.09. The van der Waals surface area contributed by atoms with Crippen molar-refractivity contribution < 1.29 is 18.0 Å². The van der Waals surface area contributed by atoms with Gasteiger partial charge >= 0.3 is 12.2 Å². The van der Waals surface area contributed by atoms with Gasteiger partial charge in [0.05, 0.1) is 6.54 Å². The third kappa shape index (κ3) is 3.57. The van der Waals surface area contributed by atoms with Crippen LogP contribution in [0.25, 0.3) is 5.65 Å². The van der Waals surface area contributed by atoms with Gasteiger partial charge in [0.2, 0.25) is 0 Å². The lowest BCUT2D eigenvalue weighted by atomic mass is 10.4. The van der Waals surface area contributed by atoms with Crippen molar-refractivity contribution in [2.75, 3.05) is 6.54 Å². The second kappa shape index (κ2) is 5.12. The molecule has 6 nitrogen and oxygen atoms in total. The molecule has 9 heteroatoms. The zero-order chi connectivity index (χ0) is 13.9. The maximum absolute atomic E-state index is 11.9. The minimum Gasteiger partial charge on any atom is -0.331 e. The fraction of sp³-hybridized carbons (Fsp3) is 0.300. The summed E-state index contributed by atoms with van der Waals surface area (Å²) in [5, 5.41) is 11.6. The lowest BCUT2D eigenvalue weighted by Crippen LogP contribution is -2.40. The van der Waals surface area contributed by atoms with Gasteiger partial charge in [-0.3, -0.25) is 4.40 Å². The molecule has 0 spiro atoms. The number of carbonyl (C=O) groups is 1. The highest BCUT2D eigenvalue weighted by molar-refractivity contribution is 5.73. The number of rotatable bonds is 3. The zero-order valence-electron chi connectivity index (χ0n) is 9.61. The van der Waals surface area contributed by atoms with Gasteiger partial charge in [0, 0.05) is 6.20 Å². The number of fused-ring (bicyclic) bond motifs is 1. The summed E-state index contributed by atoms with van der Waals surface area (Å²) in [6.45, 7) is -1.39. The molecule has 0 bridgehead atoms. The van der Waals surface area contributed by atoms with Gasteiger partial charge in [-0.25, -0.2) is 4.79 Å². The molecule has 0 aliphatic carbocycles. The Hall–Kier alpha value is -2.32. The number of hydrogen-bond donors (Lipinski definition) is 2. The molecule has 2 aromatic rings. The van der Waals surface area contributed by atoms with E-state index >= 15 is 0 Å². The Bertz CT molecular complexity index is 580. The molecule has 0 saturated heterocycles. The summed E-state index contributed by atoms with van der Waals surface area (Å²) >= 11 is 0. The number of aromatic nitrogens is 3. The lowest BCUT2D eigenvalue weighted by molar-refractivity contribution is -0.122. The van der Waals surface area contributed by atoms with E-state index in [0.29, 0.717) is 11.5 Å². The van der Waals surface area contributed by atoms with E-state index in [1.54, 1.807) is 34.1 Å². The van der Waals surface area contributed by atoms with Crippen LogP contribution < -0.4 is 10.6 Å². The Morgan fingerprint density at radius 1 is 1.26 bits per heavy atom.